The van der Waals surface area contributed by atoms with Crippen LogP contribution in [0.2, 0.25) is 5.15 Å². The van der Waals surface area contributed by atoms with Crippen molar-refractivity contribution in [3.05, 3.63) is 45.5 Å². The zero-order chi connectivity index (χ0) is 23.8. The third-order valence-electron chi connectivity index (χ3n) is 6.31. The number of hydrogen-bond acceptors (Lipinski definition) is 6. The first kappa shape index (κ1) is 24.2. The Hall–Kier alpha value is -1.94. The molecule has 0 atom stereocenters. The van der Waals surface area contributed by atoms with Crippen molar-refractivity contribution in [3.8, 4) is 11.3 Å². The number of piperidine rings is 1. The van der Waals surface area contributed by atoms with Crippen molar-refractivity contribution in [2.24, 2.45) is 7.05 Å². The summed E-state index contributed by atoms with van der Waals surface area (Å²) in [6.07, 6.45) is 1.48. The van der Waals surface area contributed by atoms with Crippen LogP contribution in [0.1, 0.15) is 43.3 Å². The van der Waals surface area contributed by atoms with Gasteiger partial charge in [0.1, 0.15) is 10.0 Å². The van der Waals surface area contributed by atoms with Gasteiger partial charge >= 0.3 is 0 Å². The average molecular weight is 508 g/mol. The predicted octanol–water partition coefficient (Wildman–Crippen LogP) is 4.92. The topological polar surface area (TPSA) is 71.3 Å². The molecule has 1 aromatic carbocycles. The van der Waals surface area contributed by atoms with Crippen LogP contribution >= 0.6 is 22.9 Å². The van der Waals surface area contributed by atoms with Crippen LogP contribution in [-0.2, 0) is 17.1 Å². The maximum absolute atomic E-state index is 13.2. The monoisotopic (exact) mass is 507 g/mol. The minimum absolute atomic E-state index is 0.120. The first-order valence-corrected chi connectivity index (χ1v) is 14.0. The van der Waals surface area contributed by atoms with E-state index in [-0.39, 0.29) is 16.0 Å². The summed E-state index contributed by atoms with van der Waals surface area (Å²) in [6.45, 7) is 8.86. The number of aromatic nitrogens is 3. The van der Waals surface area contributed by atoms with Crippen LogP contribution in [0.4, 0.5) is 5.69 Å². The fourth-order valence-corrected chi connectivity index (χ4v) is 7.59. The Morgan fingerprint density at radius 3 is 2.33 bits per heavy atom. The van der Waals surface area contributed by atoms with Crippen molar-refractivity contribution >= 4 is 38.6 Å². The van der Waals surface area contributed by atoms with E-state index in [0.29, 0.717) is 18.8 Å². The summed E-state index contributed by atoms with van der Waals surface area (Å²) in [5, 5.41) is 7.49. The lowest BCUT2D eigenvalue weighted by molar-refractivity contribution is 0.319. The molecule has 0 amide bonds. The summed E-state index contributed by atoms with van der Waals surface area (Å²) in [5.74, 6) is 0.260. The first-order chi connectivity index (χ1) is 15.8. The van der Waals surface area contributed by atoms with Crippen LogP contribution in [0.3, 0.4) is 0 Å². The predicted molar refractivity (Wildman–Crippen MR) is 135 cm³/mol. The molecule has 0 saturated carbocycles. The molecule has 10 heteroatoms. The Bertz CT molecular complexity index is 1210. The number of nitrogens with zero attached hydrogens (tertiary/aromatic N) is 5. The van der Waals surface area contributed by atoms with E-state index in [0.717, 1.165) is 42.2 Å². The van der Waals surface area contributed by atoms with Crippen molar-refractivity contribution in [1.82, 2.24) is 19.1 Å². The largest absolute Gasteiger partial charge is 0.372 e. The third kappa shape index (κ3) is 4.69. The molecule has 2 aromatic heterocycles. The Labute approximate surface area is 205 Å². The summed E-state index contributed by atoms with van der Waals surface area (Å²) < 4.78 is 29.3. The molecule has 0 unspecified atom stereocenters. The molecule has 3 aromatic rings. The molecule has 0 aliphatic carbocycles. The van der Waals surface area contributed by atoms with E-state index in [4.69, 9.17) is 16.6 Å². The minimum atomic E-state index is -3.66. The summed E-state index contributed by atoms with van der Waals surface area (Å²) in [7, 11) is -2.01. The molecule has 0 radical (unpaired) electrons. The summed E-state index contributed by atoms with van der Waals surface area (Å²) in [4.78, 5) is 7.34. The van der Waals surface area contributed by atoms with E-state index in [2.05, 4.69) is 53.5 Å². The van der Waals surface area contributed by atoms with Crippen molar-refractivity contribution < 1.29 is 8.42 Å². The van der Waals surface area contributed by atoms with Crippen molar-refractivity contribution in [2.45, 2.75) is 44.4 Å². The van der Waals surface area contributed by atoms with E-state index in [1.165, 1.54) is 14.7 Å². The molecule has 1 saturated heterocycles. The Morgan fingerprint density at radius 2 is 1.79 bits per heavy atom. The van der Waals surface area contributed by atoms with Crippen LogP contribution in [0.15, 0.2) is 34.5 Å². The van der Waals surface area contributed by atoms with Gasteiger partial charge in [0.15, 0.2) is 0 Å². The van der Waals surface area contributed by atoms with Gasteiger partial charge in [-0.05, 0) is 45.7 Å². The molecule has 4 rings (SSSR count). The fraction of sp³-hybridized carbons (Fsp3) is 0.478. The second-order valence-electron chi connectivity index (χ2n) is 8.30. The SMILES string of the molecule is CCN(CC)c1ccc(-c2csc(C3CCN(S(=O)(=O)c4c(C)nn(C)c4Cl)CC3)n2)cc1. The second kappa shape index (κ2) is 9.74. The summed E-state index contributed by atoms with van der Waals surface area (Å²) in [5.41, 5.74) is 3.74. The Morgan fingerprint density at radius 1 is 1.15 bits per heavy atom. The molecule has 7 nitrogen and oxygen atoms in total. The Kier molecular flexibility index (Phi) is 7.14. The molecule has 0 bridgehead atoms. The van der Waals surface area contributed by atoms with Gasteiger partial charge in [-0.25, -0.2) is 13.4 Å². The molecule has 1 aliphatic rings. The molecular weight excluding hydrogens is 478 g/mol. The quantitative estimate of drug-likeness (QED) is 0.454. The average Bonchev–Trinajstić information content (AvgIpc) is 3.40. The number of halogens is 1. The number of thiazole rings is 1. The number of benzene rings is 1. The van der Waals surface area contributed by atoms with E-state index < -0.39 is 10.0 Å². The van der Waals surface area contributed by atoms with E-state index >= 15 is 0 Å². The Balaban J connectivity index is 1.44. The van der Waals surface area contributed by atoms with Crippen LogP contribution < -0.4 is 4.90 Å². The van der Waals surface area contributed by atoms with Crippen LogP contribution in [0.5, 0.6) is 0 Å². The van der Waals surface area contributed by atoms with Gasteiger partial charge in [0.25, 0.3) is 0 Å². The van der Waals surface area contributed by atoms with Crippen molar-refractivity contribution in [3.63, 3.8) is 0 Å². The fourth-order valence-electron chi connectivity index (χ4n) is 4.42. The number of hydrogen-bond donors (Lipinski definition) is 0. The number of rotatable bonds is 7. The third-order valence-corrected chi connectivity index (χ3v) is 9.92. The number of aryl methyl sites for hydroxylation is 2. The van der Waals surface area contributed by atoms with E-state index in [9.17, 15) is 8.42 Å². The normalized spacial score (nSPS) is 15.8. The van der Waals surface area contributed by atoms with Gasteiger partial charge in [-0.2, -0.15) is 9.40 Å². The lowest BCUT2D eigenvalue weighted by Crippen LogP contribution is -2.38. The molecule has 178 valence electrons. The van der Waals surface area contributed by atoms with Gasteiger partial charge in [0.05, 0.1) is 16.4 Å². The lowest BCUT2D eigenvalue weighted by Gasteiger charge is -2.30. The zero-order valence-electron chi connectivity index (χ0n) is 19.5. The highest BCUT2D eigenvalue weighted by molar-refractivity contribution is 7.89. The first-order valence-electron chi connectivity index (χ1n) is 11.3. The zero-order valence-corrected chi connectivity index (χ0v) is 21.8. The molecule has 1 aliphatic heterocycles. The molecular formula is C23H30ClN5O2S2. The maximum atomic E-state index is 13.2. The smallest absolute Gasteiger partial charge is 0.248 e. The minimum Gasteiger partial charge on any atom is -0.372 e. The van der Waals surface area contributed by atoms with E-state index in [1.54, 1.807) is 25.3 Å². The highest BCUT2D eigenvalue weighted by Gasteiger charge is 2.35. The summed E-state index contributed by atoms with van der Waals surface area (Å²) in [6, 6.07) is 8.55. The summed E-state index contributed by atoms with van der Waals surface area (Å²) >= 11 is 7.89. The second-order valence-corrected chi connectivity index (χ2v) is 11.4. The highest BCUT2D eigenvalue weighted by atomic mass is 35.5. The van der Waals surface area contributed by atoms with Gasteiger partial charge in [-0.15, -0.1) is 11.3 Å². The standard InChI is InChI=1S/C23H30ClN5O2S2/c1-5-28(6-2)19-9-7-17(8-10-19)20-15-32-23(25-20)18-11-13-29(14-12-18)33(30,31)21-16(3)26-27(4)22(21)24/h7-10,15,18H,5-6,11-14H2,1-4H3. The molecule has 33 heavy (non-hydrogen) atoms. The molecule has 0 spiro atoms. The van der Waals surface area contributed by atoms with Crippen molar-refractivity contribution in [2.75, 3.05) is 31.1 Å². The van der Waals surface area contributed by atoms with Gasteiger partial charge in [0, 0.05) is 55.8 Å². The van der Waals surface area contributed by atoms with Crippen LogP contribution in [0, 0.1) is 6.92 Å². The molecule has 1 fully saturated rings. The maximum Gasteiger partial charge on any atom is 0.248 e. The lowest BCUT2D eigenvalue weighted by atomic mass is 9.99. The van der Waals surface area contributed by atoms with E-state index in [1.807, 2.05) is 0 Å². The van der Waals surface area contributed by atoms with Gasteiger partial charge in [-0.1, -0.05) is 23.7 Å². The van der Waals surface area contributed by atoms with Gasteiger partial charge < -0.3 is 4.90 Å². The van der Waals surface area contributed by atoms with Crippen molar-refractivity contribution in [1.29, 1.82) is 0 Å². The van der Waals surface area contributed by atoms with Crippen LogP contribution in [0.25, 0.3) is 11.3 Å². The molecule has 3 heterocycles. The van der Waals surface area contributed by atoms with Crippen LogP contribution in [-0.4, -0.2) is 53.7 Å². The van der Waals surface area contributed by atoms with Gasteiger partial charge in [0.2, 0.25) is 10.0 Å². The number of anilines is 1. The highest BCUT2D eigenvalue weighted by Crippen LogP contribution is 2.36. The van der Waals surface area contributed by atoms with Gasteiger partial charge in [-0.3, -0.25) is 4.68 Å². The number of sulfonamides is 1. The molecule has 0 N–H and O–H groups in total.